The SMILES string of the molecule is CCC(COC)NS(=O)(=O)c1cccnc1N. The number of hydrogen-bond donors (Lipinski definition) is 2. The van der Waals surface area contributed by atoms with Crippen molar-refractivity contribution in [2.24, 2.45) is 0 Å². The van der Waals surface area contributed by atoms with Gasteiger partial charge in [0.2, 0.25) is 10.0 Å². The summed E-state index contributed by atoms with van der Waals surface area (Å²) in [4.78, 5) is 3.75. The van der Waals surface area contributed by atoms with E-state index in [4.69, 9.17) is 10.5 Å². The fourth-order valence-electron chi connectivity index (χ4n) is 1.35. The second-order valence-corrected chi connectivity index (χ2v) is 5.25. The van der Waals surface area contributed by atoms with Crippen molar-refractivity contribution in [1.29, 1.82) is 0 Å². The molecule has 1 atom stereocenters. The van der Waals surface area contributed by atoms with Gasteiger partial charge in [-0.3, -0.25) is 0 Å². The van der Waals surface area contributed by atoms with Gasteiger partial charge in [-0.1, -0.05) is 6.92 Å². The van der Waals surface area contributed by atoms with Crippen LogP contribution in [0, 0.1) is 0 Å². The van der Waals surface area contributed by atoms with Gasteiger partial charge in [-0.2, -0.15) is 0 Å². The molecular weight excluding hydrogens is 242 g/mol. The zero-order valence-electron chi connectivity index (χ0n) is 9.88. The number of nitrogen functional groups attached to an aromatic ring is 1. The fraction of sp³-hybridized carbons (Fsp3) is 0.500. The molecule has 1 unspecified atom stereocenters. The average molecular weight is 259 g/mol. The van der Waals surface area contributed by atoms with Crippen molar-refractivity contribution in [2.75, 3.05) is 19.5 Å². The van der Waals surface area contributed by atoms with Crippen LogP contribution in [0.4, 0.5) is 5.82 Å². The molecule has 1 aromatic heterocycles. The monoisotopic (exact) mass is 259 g/mol. The van der Waals surface area contributed by atoms with E-state index < -0.39 is 10.0 Å². The number of nitrogens with one attached hydrogen (secondary N) is 1. The van der Waals surface area contributed by atoms with E-state index in [0.717, 1.165) is 0 Å². The lowest BCUT2D eigenvalue weighted by molar-refractivity contribution is 0.173. The molecule has 0 radical (unpaired) electrons. The summed E-state index contributed by atoms with van der Waals surface area (Å²) in [5.74, 6) is -0.00716. The first-order valence-corrected chi connectivity index (χ1v) is 6.71. The van der Waals surface area contributed by atoms with Gasteiger partial charge in [0.15, 0.2) is 0 Å². The number of ether oxygens (including phenoxy) is 1. The Morgan fingerprint density at radius 1 is 1.59 bits per heavy atom. The number of sulfonamides is 1. The molecule has 0 amide bonds. The van der Waals surface area contributed by atoms with Crippen molar-refractivity contribution in [1.82, 2.24) is 9.71 Å². The van der Waals surface area contributed by atoms with Crippen molar-refractivity contribution >= 4 is 15.8 Å². The molecule has 96 valence electrons. The van der Waals surface area contributed by atoms with Crippen LogP contribution < -0.4 is 10.5 Å². The van der Waals surface area contributed by atoms with E-state index in [1.807, 2.05) is 6.92 Å². The molecule has 0 aliphatic carbocycles. The maximum Gasteiger partial charge on any atom is 0.244 e. The van der Waals surface area contributed by atoms with Gasteiger partial charge < -0.3 is 10.5 Å². The van der Waals surface area contributed by atoms with Crippen molar-refractivity contribution in [3.63, 3.8) is 0 Å². The highest BCUT2D eigenvalue weighted by Crippen LogP contribution is 2.15. The molecule has 0 saturated heterocycles. The third-order valence-corrected chi connectivity index (χ3v) is 3.84. The Hall–Kier alpha value is -1.18. The third-order valence-electron chi connectivity index (χ3n) is 2.27. The predicted molar refractivity (Wildman–Crippen MR) is 64.9 cm³/mol. The number of hydrogen-bond acceptors (Lipinski definition) is 5. The minimum atomic E-state index is -3.64. The molecular formula is C10H17N3O3S. The van der Waals surface area contributed by atoms with Crippen molar-refractivity contribution in [3.8, 4) is 0 Å². The fourth-order valence-corrected chi connectivity index (χ4v) is 2.74. The largest absolute Gasteiger partial charge is 0.383 e. The van der Waals surface area contributed by atoms with Crippen LogP contribution in [0.25, 0.3) is 0 Å². The summed E-state index contributed by atoms with van der Waals surface area (Å²) in [6.45, 7) is 2.19. The number of rotatable bonds is 6. The second-order valence-electron chi connectivity index (χ2n) is 3.57. The molecule has 1 rings (SSSR count). The lowest BCUT2D eigenvalue weighted by atomic mass is 10.3. The first-order chi connectivity index (χ1) is 8.01. The van der Waals surface area contributed by atoms with Gasteiger partial charge in [0.25, 0.3) is 0 Å². The van der Waals surface area contributed by atoms with Gasteiger partial charge in [0.1, 0.15) is 10.7 Å². The van der Waals surface area contributed by atoms with Crippen molar-refractivity contribution in [3.05, 3.63) is 18.3 Å². The standard InChI is InChI=1S/C10H17N3O3S/c1-3-8(7-16-2)13-17(14,15)9-5-4-6-12-10(9)11/h4-6,8,13H,3,7H2,1-2H3,(H2,11,12). The molecule has 0 aromatic carbocycles. The molecule has 1 aromatic rings. The van der Waals surface area contributed by atoms with Gasteiger partial charge in [0.05, 0.1) is 6.61 Å². The number of methoxy groups -OCH3 is 1. The van der Waals surface area contributed by atoms with Crippen molar-refractivity contribution < 1.29 is 13.2 Å². The Labute approximate surface area is 101 Å². The van der Waals surface area contributed by atoms with E-state index in [0.29, 0.717) is 13.0 Å². The summed E-state index contributed by atoms with van der Waals surface area (Å²) in [6.07, 6.45) is 2.08. The zero-order chi connectivity index (χ0) is 12.9. The Bertz CT molecular complexity index is 462. The predicted octanol–water partition coefficient (Wildman–Crippen LogP) is 0.367. The van der Waals surface area contributed by atoms with E-state index in [1.165, 1.54) is 25.4 Å². The lowest BCUT2D eigenvalue weighted by Gasteiger charge is -2.16. The molecule has 3 N–H and O–H groups in total. The third kappa shape index (κ3) is 3.65. The van der Waals surface area contributed by atoms with Crippen LogP contribution in [-0.2, 0) is 14.8 Å². The topological polar surface area (TPSA) is 94.3 Å². The summed E-state index contributed by atoms with van der Waals surface area (Å²) in [5, 5.41) is 0. The first-order valence-electron chi connectivity index (χ1n) is 5.23. The average Bonchev–Trinajstić information content (AvgIpc) is 2.28. The van der Waals surface area contributed by atoms with E-state index in [9.17, 15) is 8.42 Å². The van der Waals surface area contributed by atoms with E-state index in [1.54, 1.807) is 0 Å². The molecule has 6 nitrogen and oxygen atoms in total. The summed E-state index contributed by atoms with van der Waals surface area (Å²) in [7, 11) is -2.12. The first kappa shape index (κ1) is 13.9. The molecule has 7 heteroatoms. The highest BCUT2D eigenvalue weighted by Gasteiger charge is 2.21. The molecule has 17 heavy (non-hydrogen) atoms. The maximum atomic E-state index is 12.0. The number of aromatic nitrogens is 1. The molecule has 0 bridgehead atoms. The molecule has 0 aliphatic rings. The highest BCUT2D eigenvalue weighted by molar-refractivity contribution is 7.89. The minimum Gasteiger partial charge on any atom is -0.383 e. The van der Waals surface area contributed by atoms with E-state index in [2.05, 4.69) is 9.71 Å². The summed E-state index contributed by atoms with van der Waals surface area (Å²) in [5.41, 5.74) is 5.54. The van der Waals surface area contributed by atoms with Crippen LogP contribution in [-0.4, -0.2) is 33.2 Å². The van der Waals surface area contributed by atoms with E-state index >= 15 is 0 Å². The van der Waals surface area contributed by atoms with Gasteiger partial charge in [0, 0.05) is 19.3 Å². The molecule has 0 saturated carbocycles. The molecule has 1 heterocycles. The van der Waals surface area contributed by atoms with Crippen LogP contribution >= 0.6 is 0 Å². The van der Waals surface area contributed by atoms with Crippen LogP contribution in [0.3, 0.4) is 0 Å². The Kier molecular flexibility index (Phi) is 4.86. The van der Waals surface area contributed by atoms with Crippen molar-refractivity contribution in [2.45, 2.75) is 24.3 Å². The molecule has 0 aliphatic heterocycles. The normalized spacial score (nSPS) is 13.5. The summed E-state index contributed by atoms with van der Waals surface area (Å²) < 4.78 is 31.5. The Balaban J connectivity index is 2.92. The Morgan fingerprint density at radius 2 is 2.29 bits per heavy atom. The zero-order valence-corrected chi connectivity index (χ0v) is 10.7. The van der Waals surface area contributed by atoms with Gasteiger partial charge in [-0.15, -0.1) is 0 Å². The smallest absolute Gasteiger partial charge is 0.244 e. The minimum absolute atomic E-state index is 0.00504. The van der Waals surface area contributed by atoms with Crippen LogP contribution in [0.15, 0.2) is 23.2 Å². The van der Waals surface area contributed by atoms with Crippen LogP contribution in [0.5, 0.6) is 0 Å². The van der Waals surface area contributed by atoms with Gasteiger partial charge >= 0.3 is 0 Å². The maximum absolute atomic E-state index is 12.0. The number of pyridine rings is 1. The number of nitrogens with two attached hydrogens (primary N) is 1. The van der Waals surface area contributed by atoms with Crippen LogP contribution in [0.1, 0.15) is 13.3 Å². The Morgan fingerprint density at radius 3 is 2.82 bits per heavy atom. The number of anilines is 1. The highest BCUT2D eigenvalue weighted by atomic mass is 32.2. The molecule has 0 fully saturated rings. The second kappa shape index (κ2) is 5.95. The lowest BCUT2D eigenvalue weighted by Crippen LogP contribution is -2.37. The van der Waals surface area contributed by atoms with Gasteiger partial charge in [-0.05, 0) is 18.6 Å². The van der Waals surface area contributed by atoms with Gasteiger partial charge in [-0.25, -0.2) is 18.1 Å². The summed E-state index contributed by atoms with van der Waals surface area (Å²) >= 11 is 0. The summed E-state index contributed by atoms with van der Waals surface area (Å²) in [6, 6.07) is 2.68. The molecule has 0 spiro atoms. The number of nitrogens with zero attached hydrogens (tertiary/aromatic N) is 1. The van der Waals surface area contributed by atoms with E-state index in [-0.39, 0.29) is 16.8 Å². The van der Waals surface area contributed by atoms with Crippen LogP contribution in [0.2, 0.25) is 0 Å². The quantitative estimate of drug-likeness (QED) is 0.769.